The Bertz CT molecular complexity index is 326. The number of esters is 2. The van der Waals surface area contributed by atoms with Gasteiger partial charge in [-0.3, -0.25) is 9.59 Å². The summed E-state index contributed by atoms with van der Waals surface area (Å²) in [4.78, 5) is 28.7. The summed E-state index contributed by atoms with van der Waals surface area (Å²) in [5, 5.41) is 0. The van der Waals surface area contributed by atoms with Crippen LogP contribution < -0.4 is 0 Å². The van der Waals surface area contributed by atoms with Crippen molar-refractivity contribution < 1.29 is 19.1 Å². The normalized spacial score (nSPS) is 9.73. The van der Waals surface area contributed by atoms with Gasteiger partial charge in [-0.15, -0.1) is 0 Å². The molecule has 15 heavy (non-hydrogen) atoms. The predicted molar refractivity (Wildman–Crippen MR) is 50.0 cm³/mol. The van der Waals surface area contributed by atoms with Gasteiger partial charge in [0.1, 0.15) is 0 Å². The Labute approximate surface area is 86.6 Å². The summed E-state index contributed by atoms with van der Waals surface area (Å²) < 4.78 is 9.01. The van der Waals surface area contributed by atoms with E-state index < -0.39 is 5.97 Å². The van der Waals surface area contributed by atoms with E-state index in [4.69, 9.17) is 0 Å². The number of imidazole rings is 1. The fourth-order valence-corrected chi connectivity index (χ4v) is 1.08. The third-order valence-corrected chi connectivity index (χ3v) is 1.90. The van der Waals surface area contributed by atoms with Crippen molar-refractivity contribution in [3.05, 3.63) is 17.7 Å². The smallest absolute Gasteiger partial charge is 0.311 e. The number of nitrogens with one attached hydrogen (secondary N) is 1. The zero-order valence-electron chi connectivity index (χ0n) is 8.57. The number of ether oxygens (including phenoxy) is 2. The topological polar surface area (TPSA) is 81.3 Å². The summed E-state index contributed by atoms with van der Waals surface area (Å²) >= 11 is 0. The highest BCUT2D eigenvalue weighted by molar-refractivity contribution is 5.75. The molecule has 1 aromatic heterocycles. The largest absolute Gasteiger partial charge is 0.469 e. The second-order valence-electron chi connectivity index (χ2n) is 2.83. The van der Waals surface area contributed by atoms with Crippen molar-refractivity contribution in [2.24, 2.45) is 0 Å². The molecule has 0 aliphatic carbocycles. The Kier molecular flexibility index (Phi) is 3.84. The molecule has 0 bridgehead atoms. The third-order valence-electron chi connectivity index (χ3n) is 1.90. The molecular formula is C9H12N2O4. The first-order valence-corrected chi connectivity index (χ1v) is 4.32. The van der Waals surface area contributed by atoms with Gasteiger partial charge in [0.25, 0.3) is 0 Å². The lowest BCUT2D eigenvalue weighted by atomic mass is 10.2. The van der Waals surface area contributed by atoms with Gasteiger partial charge in [0, 0.05) is 5.69 Å². The number of hydrogen-bond donors (Lipinski definition) is 1. The minimum absolute atomic E-state index is 0.0479. The van der Waals surface area contributed by atoms with Crippen LogP contribution in [0.4, 0.5) is 0 Å². The van der Waals surface area contributed by atoms with E-state index in [1.54, 1.807) is 0 Å². The SMILES string of the molecule is COC(=O)Cc1nc[nH]c1CC(=O)OC. The van der Waals surface area contributed by atoms with Gasteiger partial charge < -0.3 is 14.5 Å². The number of carbonyl (C=O) groups excluding carboxylic acids is 2. The van der Waals surface area contributed by atoms with E-state index in [0.29, 0.717) is 11.4 Å². The van der Waals surface area contributed by atoms with Gasteiger partial charge in [-0.05, 0) is 0 Å². The quantitative estimate of drug-likeness (QED) is 0.701. The predicted octanol–water partition coefficient (Wildman–Crippen LogP) is -0.159. The monoisotopic (exact) mass is 212 g/mol. The molecule has 0 radical (unpaired) electrons. The maximum Gasteiger partial charge on any atom is 0.311 e. The minimum atomic E-state index is -0.395. The molecule has 0 atom stereocenters. The van der Waals surface area contributed by atoms with Crippen LogP contribution in [-0.2, 0) is 31.9 Å². The van der Waals surface area contributed by atoms with E-state index in [0.717, 1.165) is 0 Å². The van der Waals surface area contributed by atoms with Crippen molar-refractivity contribution in [2.75, 3.05) is 14.2 Å². The van der Waals surface area contributed by atoms with Crippen LogP contribution in [0.2, 0.25) is 0 Å². The summed E-state index contributed by atoms with van der Waals surface area (Å²) in [7, 11) is 2.60. The van der Waals surface area contributed by atoms with Gasteiger partial charge in [0.15, 0.2) is 0 Å². The number of hydrogen-bond acceptors (Lipinski definition) is 5. The number of aromatic amines is 1. The molecule has 1 rings (SSSR count). The zero-order valence-corrected chi connectivity index (χ0v) is 8.57. The summed E-state index contributed by atoms with van der Waals surface area (Å²) in [5.74, 6) is -0.779. The molecule has 1 N–H and O–H groups in total. The maximum absolute atomic E-state index is 11.0. The third kappa shape index (κ3) is 3.08. The lowest BCUT2D eigenvalue weighted by Crippen LogP contribution is -2.10. The molecule has 0 aromatic carbocycles. The molecule has 82 valence electrons. The number of methoxy groups -OCH3 is 2. The average Bonchev–Trinajstić information content (AvgIpc) is 2.65. The standard InChI is InChI=1S/C9H12N2O4/c1-14-8(12)3-6-7(11-5-10-6)4-9(13)15-2/h5H,3-4H2,1-2H3,(H,10,11). The summed E-state index contributed by atoms with van der Waals surface area (Å²) in [6.45, 7) is 0. The van der Waals surface area contributed by atoms with Crippen LogP contribution in [0.3, 0.4) is 0 Å². The van der Waals surface area contributed by atoms with Gasteiger partial charge in [-0.25, -0.2) is 4.98 Å². The first-order valence-electron chi connectivity index (χ1n) is 4.32. The van der Waals surface area contributed by atoms with Crippen LogP contribution in [0.25, 0.3) is 0 Å². The molecule has 0 unspecified atom stereocenters. The molecule has 0 saturated heterocycles. The van der Waals surface area contributed by atoms with Crippen molar-refractivity contribution in [2.45, 2.75) is 12.8 Å². The van der Waals surface area contributed by atoms with Crippen molar-refractivity contribution in [1.29, 1.82) is 0 Å². The summed E-state index contributed by atoms with van der Waals surface area (Å²) in [6.07, 6.45) is 1.55. The number of nitrogens with zero attached hydrogens (tertiary/aromatic N) is 1. The minimum Gasteiger partial charge on any atom is -0.469 e. The molecule has 0 aliphatic heterocycles. The Morgan fingerprint density at radius 2 is 1.87 bits per heavy atom. The van der Waals surface area contributed by atoms with Gasteiger partial charge in [-0.2, -0.15) is 0 Å². The van der Waals surface area contributed by atoms with E-state index in [1.165, 1.54) is 20.5 Å². The molecule has 1 aromatic rings. The highest BCUT2D eigenvalue weighted by atomic mass is 16.5. The Morgan fingerprint density at radius 3 is 2.47 bits per heavy atom. The Morgan fingerprint density at radius 1 is 1.27 bits per heavy atom. The van der Waals surface area contributed by atoms with Gasteiger partial charge >= 0.3 is 11.9 Å². The molecule has 6 nitrogen and oxygen atoms in total. The molecule has 0 spiro atoms. The van der Waals surface area contributed by atoms with Gasteiger partial charge in [-0.1, -0.05) is 0 Å². The number of carbonyl (C=O) groups is 2. The molecule has 0 amide bonds. The highest BCUT2D eigenvalue weighted by Crippen LogP contribution is 2.06. The Balaban J connectivity index is 2.69. The van der Waals surface area contributed by atoms with Crippen LogP contribution in [0.1, 0.15) is 11.4 Å². The van der Waals surface area contributed by atoms with E-state index in [1.807, 2.05) is 0 Å². The van der Waals surface area contributed by atoms with Crippen LogP contribution in [-0.4, -0.2) is 36.1 Å². The van der Waals surface area contributed by atoms with Gasteiger partial charge in [0.2, 0.25) is 0 Å². The van der Waals surface area contributed by atoms with Crippen LogP contribution >= 0.6 is 0 Å². The summed E-state index contributed by atoms with van der Waals surface area (Å²) in [6, 6.07) is 0. The average molecular weight is 212 g/mol. The van der Waals surface area contributed by atoms with E-state index in [-0.39, 0.29) is 18.8 Å². The van der Waals surface area contributed by atoms with Crippen molar-refractivity contribution in [3.63, 3.8) is 0 Å². The van der Waals surface area contributed by atoms with Crippen molar-refractivity contribution >= 4 is 11.9 Å². The van der Waals surface area contributed by atoms with Crippen LogP contribution in [0, 0.1) is 0 Å². The fourth-order valence-electron chi connectivity index (χ4n) is 1.08. The molecule has 0 aliphatic rings. The van der Waals surface area contributed by atoms with Gasteiger partial charge in [0.05, 0.1) is 39.1 Å². The zero-order chi connectivity index (χ0) is 11.3. The van der Waals surface area contributed by atoms with Crippen molar-refractivity contribution in [3.8, 4) is 0 Å². The lowest BCUT2D eigenvalue weighted by molar-refractivity contribution is -0.141. The second-order valence-corrected chi connectivity index (χ2v) is 2.83. The van der Waals surface area contributed by atoms with Crippen molar-refractivity contribution in [1.82, 2.24) is 9.97 Å². The molecular weight excluding hydrogens is 200 g/mol. The van der Waals surface area contributed by atoms with Crippen LogP contribution in [0.15, 0.2) is 6.33 Å². The number of H-pyrrole nitrogens is 1. The number of aromatic nitrogens is 2. The van der Waals surface area contributed by atoms with E-state index >= 15 is 0 Å². The second kappa shape index (κ2) is 5.14. The lowest BCUT2D eigenvalue weighted by Gasteiger charge is -2.00. The van der Waals surface area contributed by atoms with E-state index in [9.17, 15) is 9.59 Å². The van der Waals surface area contributed by atoms with Crippen LogP contribution in [0.5, 0.6) is 0 Å². The number of rotatable bonds is 4. The fraction of sp³-hybridized carbons (Fsp3) is 0.444. The van der Waals surface area contributed by atoms with E-state index in [2.05, 4.69) is 19.4 Å². The summed E-state index contributed by atoms with van der Waals surface area (Å²) in [5.41, 5.74) is 1.08. The molecule has 6 heteroatoms. The Hall–Kier alpha value is -1.85. The maximum atomic E-state index is 11.0. The molecule has 0 saturated carbocycles. The first-order chi connectivity index (χ1) is 7.17. The first kappa shape index (κ1) is 11.2. The molecule has 1 heterocycles. The molecule has 0 fully saturated rings. The highest BCUT2D eigenvalue weighted by Gasteiger charge is 2.13.